The molecule has 0 radical (unpaired) electrons. The number of carbonyl (C=O) groups is 3. The summed E-state index contributed by atoms with van der Waals surface area (Å²) in [6, 6.07) is 13.2. The molecule has 0 unspecified atom stereocenters. The van der Waals surface area contributed by atoms with Gasteiger partial charge in [-0.25, -0.2) is 4.79 Å². The average Bonchev–Trinajstić information content (AvgIpc) is 2.83. The Morgan fingerprint density at radius 2 is 1.57 bits per heavy atom. The van der Waals surface area contributed by atoms with Crippen molar-refractivity contribution in [3.8, 4) is 0 Å². The van der Waals surface area contributed by atoms with Gasteiger partial charge in [-0.05, 0) is 31.2 Å². The maximum Gasteiger partial charge on any atom is 0.339 e. The molecule has 0 aromatic heterocycles. The molecule has 0 spiro atoms. The van der Waals surface area contributed by atoms with Crippen LogP contribution in [0.15, 0.2) is 60.7 Å². The molecule has 11 nitrogen and oxygen atoms in total. The number of aryl methyl sites for hydroxylation is 1. The second-order valence-corrected chi connectivity index (χ2v) is 7.59. The number of anilines is 1. The van der Waals surface area contributed by atoms with Gasteiger partial charge in [0.05, 0.1) is 15.4 Å². The van der Waals surface area contributed by atoms with Crippen LogP contribution in [-0.2, 0) is 9.53 Å². The second kappa shape index (κ2) is 10.5. The number of amides is 1. The lowest BCUT2D eigenvalue weighted by molar-refractivity contribution is -0.385. The fraction of sp³-hybridized carbons (Fsp3) is 0.0870. The molecule has 0 atom stereocenters. The number of nitro benzene ring substituents is 2. The molecular formula is C23H16ClN3O8. The van der Waals surface area contributed by atoms with Gasteiger partial charge in [0, 0.05) is 34.5 Å². The Balaban J connectivity index is 1.74. The standard InChI is InChI=1S/C23H16ClN3O8/c1-13-6-8-15(11-19(13)26(31)32)25-21(28)12-35-23(30)17-5-3-2-4-16(17)22(29)14-7-9-18(24)20(10-14)27(33)34/h2-11H,12H2,1H3,(H,25,28). The molecule has 0 aliphatic carbocycles. The van der Waals surface area contributed by atoms with Crippen molar-refractivity contribution in [2.75, 3.05) is 11.9 Å². The third-order valence-corrected chi connectivity index (χ3v) is 5.14. The van der Waals surface area contributed by atoms with E-state index in [-0.39, 0.29) is 33.1 Å². The van der Waals surface area contributed by atoms with Gasteiger partial charge in [0.1, 0.15) is 5.02 Å². The summed E-state index contributed by atoms with van der Waals surface area (Å²) in [5.41, 5.74) is -0.423. The number of ketones is 1. The number of halogens is 1. The van der Waals surface area contributed by atoms with Crippen molar-refractivity contribution >= 4 is 46.3 Å². The van der Waals surface area contributed by atoms with E-state index >= 15 is 0 Å². The Bertz CT molecular complexity index is 1370. The minimum atomic E-state index is -0.984. The van der Waals surface area contributed by atoms with E-state index in [1.165, 1.54) is 54.6 Å². The van der Waals surface area contributed by atoms with Gasteiger partial charge in [-0.15, -0.1) is 0 Å². The maximum absolute atomic E-state index is 12.9. The SMILES string of the molecule is Cc1ccc(NC(=O)COC(=O)c2ccccc2C(=O)c2ccc(Cl)c([N+](=O)[O-])c2)cc1[N+](=O)[O-]. The van der Waals surface area contributed by atoms with E-state index < -0.39 is 39.8 Å². The van der Waals surface area contributed by atoms with E-state index in [0.717, 1.165) is 6.07 Å². The van der Waals surface area contributed by atoms with Gasteiger partial charge in [-0.3, -0.25) is 29.8 Å². The van der Waals surface area contributed by atoms with Crippen LogP contribution in [0, 0.1) is 27.2 Å². The smallest absolute Gasteiger partial charge is 0.339 e. The number of nitrogens with zero attached hydrogens (tertiary/aromatic N) is 2. The monoisotopic (exact) mass is 497 g/mol. The third kappa shape index (κ3) is 5.84. The van der Waals surface area contributed by atoms with E-state index in [4.69, 9.17) is 16.3 Å². The zero-order valence-electron chi connectivity index (χ0n) is 18.0. The molecule has 12 heteroatoms. The van der Waals surface area contributed by atoms with Gasteiger partial charge < -0.3 is 10.1 Å². The highest BCUT2D eigenvalue weighted by molar-refractivity contribution is 6.33. The van der Waals surface area contributed by atoms with Crippen LogP contribution in [0.5, 0.6) is 0 Å². The van der Waals surface area contributed by atoms with Crippen molar-refractivity contribution in [3.05, 3.63) is 108 Å². The first kappa shape index (κ1) is 25.0. The highest BCUT2D eigenvalue weighted by Gasteiger charge is 2.23. The van der Waals surface area contributed by atoms with Crippen LogP contribution in [0.2, 0.25) is 5.02 Å². The Hall–Kier alpha value is -4.64. The van der Waals surface area contributed by atoms with Crippen molar-refractivity contribution in [3.63, 3.8) is 0 Å². The summed E-state index contributed by atoms with van der Waals surface area (Å²) in [6.07, 6.45) is 0. The lowest BCUT2D eigenvalue weighted by Crippen LogP contribution is -2.22. The van der Waals surface area contributed by atoms with Crippen LogP contribution in [0.25, 0.3) is 0 Å². The summed E-state index contributed by atoms with van der Waals surface area (Å²) in [7, 11) is 0. The Kier molecular flexibility index (Phi) is 7.52. The number of hydrogen-bond donors (Lipinski definition) is 1. The van der Waals surface area contributed by atoms with Gasteiger partial charge in [0.15, 0.2) is 12.4 Å². The zero-order chi connectivity index (χ0) is 25.7. The largest absolute Gasteiger partial charge is 0.452 e. The number of nitrogens with one attached hydrogen (secondary N) is 1. The number of esters is 1. The number of benzene rings is 3. The van der Waals surface area contributed by atoms with E-state index in [1.54, 1.807) is 6.92 Å². The van der Waals surface area contributed by atoms with Gasteiger partial charge in [0.25, 0.3) is 17.3 Å². The van der Waals surface area contributed by atoms with Crippen LogP contribution in [0.4, 0.5) is 17.1 Å². The van der Waals surface area contributed by atoms with Crippen molar-refractivity contribution in [1.82, 2.24) is 0 Å². The Labute approximate surface area is 202 Å². The van der Waals surface area contributed by atoms with Crippen molar-refractivity contribution in [2.24, 2.45) is 0 Å². The normalized spacial score (nSPS) is 10.3. The van der Waals surface area contributed by atoms with Gasteiger partial charge in [-0.2, -0.15) is 0 Å². The molecule has 3 aromatic carbocycles. The van der Waals surface area contributed by atoms with Gasteiger partial charge in [-0.1, -0.05) is 35.9 Å². The summed E-state index contributed by atoms with van der Waals surface area (Å²) in [4.78, 5) is 58.6. The first-order valence-electron chi connectivity index (χ1n) is 9.88. The maximum atomic E-state index is 12.9. The highest BCUT2D eigenvalue weighted by atomic mass is 35.5. The highest BCUT2D eigenvalue weighted by Crippen LogP contribution is 2.27. The minimum Gasteiger partial charge on any atom is -0.452 e. The number of ether oxygens (including phenoxy) is 1. The summed E-state index contributed by atoms with van der Waals surface area (Å²) in [5, 5.41) is 24.4. The molecule has 0 saturated carbocycles. The molecule has 3 aromatic rings. The van der Waals surface area contributed by atoms with Crippen LogP contribution < -0.4 is 5.32 Å². The summed E-state index contributed by atoms with van der Waals surface area (Å²) < 4.78 is 5.00. The molecule has 35 heavy (non-hydrogen) atoms. The van der Waals surface area contributed by atoms with E-state index in [1.807, 2.05) is 0 Å². The summed E-state index contributed by atoms with van der Waals surface area (Å²) in [5.74, 6) is -2.43. The molecule has 0 saturated heterocycles. The molecule has 0 fully saturated rings. The van der Waals surface area contributed by atoms with E-state index in [9.17, 15) is 34.6 Å². The van der Waals surface area contributed by atoms with Crippen molar-refractivity contribution in [1.29, 1.82) is 0 Å². The molecule has 1 N–H and O–H groups in total. The predicted molar refractivity (Wildman–Crippen MR) is 125 cm³/mol. The van der Waals surface area contributed by atoms with E-state index in [0.29, 0.717) is 5.56 Å². The average molecular weight is 498 g/mol. The number of rotatable bonds is 8. The summed E-state index contributed by atoms with van der Waals surface area (Å²) >= 11 is 5.79. The summed E-state index contributed by atoms with van der Waals surface area (Å²) in [6.45, 7) is 0.821. The molecule has 0 heterocycles. The number of carbonyl (C=O) groups excluding carboxylic acids is 3. The predicted octanol–water partition coefficient (Wildman–Crippen LogP) is 4.49. The first-order valence-corrected chi connectivity index (χ1v) is 10.3. The molecule has 1 amide bonds. The van der Waals surface area contributed by atoms with Crippen molar-refractivity contribution in [2.45, 2.75) is 6.92 Å². The molecular weight excluding hydrogens is 482 g/mol. The Morgan fingerprint density at radius 1 is 0.914 bits per heavy atom. The second-order valence-electron chi connectivity index (χ2n) is 7.18. The van der Waals surface area contributed by atoms with Crippen LogP contribution in [0.3, 0.4) is 0 Å². The molecule has 0 bridgehead atoms. The Morgan fingerprint density at radius 3 is 2.23 bits per heavy atom. The molecule has 0 aliphatic rings. The topological polar surface area (TPSA) is 159 Å². The fourth-order valence-electron chi connectivity index (χ4n) is 3.10. The minimum absolute atomic E-state index is 0.0694. The van der Waals surface area contributed by atoms with E-state index in [2.05, 4.69) is 5.32 Å². The lowest BCUT2D eigenvalue weighted by Gasteiger charge is -2.10. The van der Waals surface area contributed by atoms with Crippen LogP contribution in [-0.4, -0.2) is 34.1 Å². The van der Waals surface area contributed by atoms with Crippen LogP contribution >= 0.6 is 11.6 Å². The molecule has 178 valence electrons. The molecule has 0 aliphatic heterocycles. The van der Waals surface area contributed by atoms with Crippen molar-refractivity contribution < 1.29 is 29.0 Å². The van der Waals surface area contributed by atoms with Gasteiger partial charge >= 0.3 is 5.97 Å². The number of hydrogen-bond acceptors (Lipinski definition) is 8. The fourth-order valence-corrected chi connectivity index (χ4v) is 3.28. The number of nitro groups is 2. The molecule has 3 rings (SSSR count). The van der Waals surface area contributed by atoms with Crippen LogP contribution in [0.1, 0.15) is 31.8 Å². The zero-order valence-corrected chi connectivity index (χ0v) is 18.8. The lowest BCUT2D eigenvalue weighted by atomic mass is 9.98. The third-order valence-electron chi connectivity index (χ3n) is 4.82. The van der Waals surface area contributed by atoms with Gasteiger partial charge in [0.2, 0.25) is 0 Å². The quantitative estimate of drug-likeness (QED) is 0.206. The first-order chi connectivity index (χ1) is 16.6.